The fourth-order valence-electron chi connectivity index (χ4n) is 4.47. The van der Waals surface area contributed by atoms with Gasteiger partial charge in [0.15, 0.2) is 25.4 Å². The molecule has 0 bridgehead atoms. The Bertz CT molecular complexity index is 2230. The maximum absolute atomic E-state index is 12.3. The zero-order valence-corrected chi connectivity index (χ0v) is 27.6. The molecule has 244 valence electrons. The molecule has 0 atom stereocenters. The lowest BCUT2D eigenvalue weighted by molar-refractivity contribution is 0.473. The molecular formula is C29H31N5O9S3. The minimum Gasteiger partial charge on any atom is -0.506 e. The van der Waals surface area contributed by atoms with Gasteiger partial charge in [-0.05, 0) is 67.9 Å². The van der Waals surface area contributed by atoms with Gasteiger partial charge in [-0.1, -0.05) is 13.8 Å². The molecule has 0 aliphatic heterocycles. The lowest BCUT2D eigenvalue weighted by Gasteiger charge is -2.12. The van der Waals surface area contributed by atoms with E-state index < -0.39 is 40.4 Å². The summed E-state index contributed by atoms with van der Waals surface area (Å²) in [5.41, 5.74) is 0.687. The summed E-state index contributed by atoms with van der Waals surface area (Å²) in [6.07, 6.45) is 0. The van der Waals surface area contributed by atoms with Crippen molar-refractivity contribution < 1.29 is 40.0 Å². The number of benzene rings is 4. The van der Waals surface area contributed by atoms with Gasteiger partial charge in [-0.15, -0.1) is 20.5 Å². The van der Waals surface area contributed by atoms with Crippen LogP contribution in [0.25, 0.3) is 10.8 Å². The second-order valence-corrected chi connectivity index (χ2v) is 15.9. The number of phenolic OH excluding ortho intramolecular Hbond substituents is 2. The van der Waals surface area contributed by atoms with E-state index in [-0.39, 0.29) is 55.2 Å². The Morgan fingerprint density at radius 3 is 1.91 bits per heavy atom. The SMILES string of the molecule is CCNc1ccc2c(O)c(N=Nc3cc(C)c(S(=O)(=O)CC)cc3O)ccc2c1N=Nc1ccc(S(=O)(=O)CC)cc1S(=O)(=O)O. The third kappa shape index (κ3) is 7.01. The lowest BCUT2D eigenvalue weighted by Crippen LogP contribution is -2.06. The topological polar surface area (TPSA) is 225 Å². The maximum atomic E-state index is 12.3. The molecule has 0 fully saturated rings. The Hall–Kier alpha value is -4.45. The van der Waals surface area contributed by atoms with Crippen molar-refractivity contribution >= 4 is 69.0 Å². The average Bonchev–Trinajstić information content (AvgIpc) is 3.00. The van der Waals surface area contributed by atoms with Crippen LogP contribution in [0.1, 0.15) is 26.3 Å². The van der Waals surface area contributed by atoms with Crippen LogP contribution in [0.3, 0.4) is 0 Å². The third-order valence-corrected chi connectivity index (χ3v) is 11.4. The van der Waals surface area contributed by atoms with Gasteiger partial charge in [-0.25, -0.2) is 16.8 Å². The molecule has 4 aromatic rings. The largest absolute Gasteiger partial charge is 0.506 e. The summed E-state index contributed by atoms with van der Waals surface area (Å²) in [5, 5.41) is 41.5. The molecule has 17 heteroatoms. The minimum absolute atomic E-state index is 0.00952. The maximum Gasteiger partial charge on any atom is 0.296 e. The Labute approximate surface area is 266 Å². The van der Waals surface area contributed by atoms with Crippen LogP contribution >= 0.6 is 0 Å². The molecular weight excluding hydrogens is 659 g/mol. The van der Waals surface area contributed by atoms with Gasteiger partial charge in [0.2, 0.25) is 0 Å². The first-order valence-electron chi connectivity index (χ1n) is 13.8. The number of azo groups is 2. The molecule has 46 heavy (non-hydrogen) atoms. The van der Waals surface area contributed by atoms with Crippen LogP contribution in [0.15, 0.2) is 89.7 Å². The highest BCUT2D eigenvalue weighted by molar-refractivity contribution is 7.91. The number of aromatic hydroxyl groups is 2. The number of hydrogen-bond donors (Lipinski definition) is 4. The smallest absolute Gasteiger partial charge is 0.296 e. The van der Waals surface area contributed by atoms with Crippen LogP contribution in [0, 0.1) is 6.92 Å². The predicted molar refractivity (Wildman–Crippen MR) is 173 cm³/mol. The van der Waals surface area contributed by atoms with Crippen molar-refractivity contribution in [2.24, 2.45) is 20.5 Å². The van der Waals surface area contributed by atoms with Gasteiger partial charge in [-0.3, -0.25) is 4.55 Å². The Morgan fingerprint density at radius 2 is 1.28 bits per heavy atom. The monoisotopic (exact) mass is 689 g/mol. The molecule has 14 nitrogen and oxygen atoms in total. The number of fused-ring (bicyclic) bond motifs is 1. The fraction of sp³-hybridized carbons (Fsp3) is 0.241. The van der Waals surface area contributed by atoms with Crippen molar-refractivity contribution in [2.75, 3.05) is 23.4 Å². The fourth-order valence-corrected chi connectivity index (χ4v) is 7.25. The first-order chi connectivity index (χ1) is 21.5. The van der Waals surface area contributed by atoms with Crippen LogP contribution < -0.4 is 5.32 Å². The molecule has 0 spiro atoms. The summed E-state index contributed by atoms with van der Waals surface area (Å²) in [7, 11) is -12.3. The van der Waals surface area contributed by atoms with Crippen molar-refractivity contribution in [3.63, 3.8) is 0 Å². The van der Waals surface area contributed by atoms with Crippen LogP contribution in [0.4, 0.5) is 28.4 Å². The lowest BCUT2D eigenvalue weighted by atomic mass is 10.1. The highest BCUT2D eigenvalue weighted by atomic mass is 32.2. The Balaban J connectivity index is 1.81. The molecule has 0 unspecified atom stereocenters. The zero-order chi connectivity index (χ0) is 34.0. The van der Waals surface area contributed by atoms with Crippen LogP contribution in [-0.4, -0.2) is 58.1 Å². The molecule has 0 radical (unpaired) electrons. The number of sulfone groups is 2. The number of rotatable bonds is 11. The molecule has 0 heterocycles. The summed E-state index contributed by atoms with van der Waals surface area (Å²) in [5.74, 6) is -1.16. The van der Waals surface area contributed by atoms with Crippen molar-refractivity contribution in [3.8, 4) is 11.5 Å². The second kappa shape index (κ2) is 13.1. The van der Waals surface area contributed by atoms with E-state index in [0.29, 0.717) is 23.2 Å². The quantitative estimate of drug-likeness (QED) is 0.0968. The predicted octanol–water partition coefficient (Wildman–Crippen LogP) is 6.66. The van der Waals surface area contributed by atoms with E-state index >= 15 is 0 Å². The van der Waals surface area contributed by atoms with E-state index in [1.165, 1.54) is 26.0 Å². The van der Waals surface area contributed by atoms with Gasteiger partial charge in [0.05, 0.1) is 27.0 Å². The zero-order valence-electron chi connectivity index (χ0n) is 25.1. The Kier molecular flexibility index (Phi) is 9.81. The first kappa shape index (κ1) is 34.4. The van der Waals surface area contributed by atoms with Crippen LogP contribution in [-0.2, 0) is 29.8 Å². The molecule has 0 amide bonds. The molecule has 0 saturated carbocycles. The van der Waals surface area contributed by atoms with Gasteiger partial charge in [0.25, 0.3) is 10.1 Å². The number of nitrogens with zero attached hydrogens (tertiary/aromatic N) is 4. The van der Waals surface area contributed by atoms with Gasteiger partial charge in [0, 0.05) is 23.4 Å². The van der Waals surface area contributed by atoms with E-state index in [9.17, 15) is 40.0 Å². The molecule has 0 aliphatic carbocycles. The Morgan fingerprint density at radius 1 is 0.674 bits per heavy atom. The van der Waals surface area contributed by atoms with Crippen LogP contribution in [0.2, 0.25) is 0 Å². The normalized spacial score (nSPS) is 12.8. The first-order valence-corrected chi connectivity index (χ1v) is 18.5. The van der Waals surface area contributed by atoms with Gasteiger partial charge in [0.1, 0.15) is 33.4 Å². The van der Waals surface area contributed by atoms with E-state index in [4.69, 9.17) is 0 Å². The molecule has 4 N–H and O–H groups in total. The van der Waals surface area contributed by atoms with E-state index in [1.807, 2.05) is 6.92 Å². The average molecular weight is 690 g/mol. The summed E-state index contributed by atoms with van der Waals surface area (Å²) in [6.45, 7) is 6.74. The molecule has 0 aliphatic rings. The number of anilines is 1. The summed E-state index contributed by atoms with van der Waals surface area (Å²) >= 11 is 0. The second-order valence-electron chi connectivity index (χ2n) is 9.94. The molecule has 0 aromatic heterocycles. The number of nitrogens with one attached hydrogen (secondary N) is 1. The van der Waals surface area contributed by atoms with Gasteiger partial charge < -0.3 is 15.5 Å². The third-order valence-electron chi connectivity index (χ3n) is 6.95. The summed E-state index contributed by atoms with van der Waals surface area (Å²) in [6, 6.07) is 11.7. The van der Waals surface area contributed by atoms with E-state index in [2.05, 4.69) is 25.8 Å². The molecule has 0 saturated heterocycles. The number of hydrogen-bond acceptors (Lipinski definition) is 13. The van der Waals surface area contributed by atoms with Crippen molar-refractivity contribution in [1.29, 1.82) is 0 Å². The highest BCUT2D eigenvalue weighted by Gasteiger charge is 2.22. The van der Waals surface area contributed by atoms with Crippen molar-refractivity contribution in [2.45, 2.75) is 42.4 Å². The highest BCUT2D eigenvalue weighted by Crippen LogP contribution is 2.44. The van der Waals surface area contributed by atoms with Gasteiger partial charge in [-0.2, -0.15) is 8.42 Å². The standard InChI is InChI=1S/C29H31N5O9S3/c1-5-30-22-12-10-20-19(28(22)34-31-21-11-8-18(44(37,38)6-2)15-27(21)46(41,42)43)9-13-23(29(20)36)32-33-24-14-17(4)26(16-25(24)35)45(39,40)7-3/h8-16,30,35-36H,5-7H2,1-4H3,(H,41,42,43). The summed E-state index contributed by atoms with van der Waals surface area (Å²) < 4.78 is 83.3. The van der Waals surface area contributed by atoms with Crippen LogP contribution in [0.5, 0.6) is 11.5 Å². The van der Waals surface area contributed by atoms with Gasteiger partial charge >= 0.3 is 0 Å². The molecule has 4 rings (SSSR count). The van der Waals surface area contributed by atoms with E-state index in [1.54, 1.807) is 25.1 Å². The minimum atomic E-state index is -4.89. The number of phenols is 2. The van der Waals surface area contributed by atoms with Crippen molar-refractivity contribution in [3.05, 3.63) is 60.2 Å². The number of aryl methyl sites for hydroxylation is 1. The molecule has 4 aromatic carbocycles. The van der Waals surface area contributed by atoms with Crippen molar-refractivity contribution in [1.82, 2.24) is 0 Å². The summed E-state index contributed by atoms with van der Waals surface area (Å²) in [4.78, 5) is -1.08. The van der Waals surface area contributed by atoms with E-state index in [0.717, 1.165) is 24.3 Å².